The number of halogens is 1. The summed E-state index contributed by atoms with van der Waals surface area (Å²) in [6, 6.07) is 1.82. The molecule has 1 unspecified atom stereocenters. The molecule has 0 bridgehead atoms. The minimum Gasteiger partial charge on any atom is -0.383 e. The van der Waals surface area contributed by atoms with E-state index in [-0.39, 0.29) is 6.04 Å². The number of hydrogen-bond acceptors (Lipinski definition) is 4. The fourth-order valence-corrected chi connectivity index (χ4v) is 1.41. The van der Waals surface area contributed by atoms with Gasteiger partial charge in [0.2, 0.25) is 0 Å². The maximum Gasteiger partial charge on any atom is 0.128 e. The summed E-state index contributed by atoms with van der Waals surface area (Å²) in [6.45, 7) is 0.530. The molecule has 1 heterocycles. The molecule has 1 atom stereocenters. The number of ether oxygens (including phenoxy) is 1. The number of nitrogen functional groups attached to an aromatic ring is 1. The topological polar surface area (TPSA) is 60.2 Å². The second-order valence-corrected chi connectivity index (χ2v) is 3.36. The standard InChI is InChI=1S/C9H14ClN3O/c1-12-8(5-14-2)7-3-6(10)4-13-9(7)11/h3-4,8,12H,5H2,1-2H3,(H2,11,13). The van der Waals surface area contributed by atoms with Crippen LogP contribution in [-0.4, -0.2) is 25.7 Å². The number of likely N-dealkylation sites (N-methyl/N-ethyl adjacent to an activating group) is 1. The van der Waals surface area contributed by atoms with E-state index in [2.05, 4.69) is 10.3 Å². The molecule has 0 aromatic carbocycles. The molecule has 4 nitrogen and oxygen atoms in total. The van der Waals surface area contributed by atoms with Gasteiger partial charge in [0.25, 0.3) is 0 Å². The zero-order valence-electron chi connectivity index (χ0n) is 8.25. The van der Waals surface area contributed by atoms with Crippen molar-refractivity contribution < 1.29 is 4.74 Å². The number of hydrogen-bond donors (Lipinski definition) is 2. The van der Waals surface area contributed by atoms with E-state index < -0.39 is 0 Å². The Labute approximate surface area is 88.4 Å². The highest BCUT2D eigenvalue weighted by molar-refractivity contribution is 6.30. The van der Waals surface area contributed by atoms with Gasteiger partial charge >= 0.3 is 0 Å². The Bertz CT molecular complexity index is 306. The Balaban J connectivity index is 2.96. The summed E-state index contributed by atoms with van der Waals surface area (Å²) < 4.78 is 5.06. The van der Waals surface area contributed by atoms with E-state index in [0.29, 0.717) is 17.4 Å². The molecular weight excluding hydrogens is 202 g/mol. The van der Waals surface area contributed by atoms with Crippen LogP contribution in [0, 0.1) is 0 Å². The van der Waals surface area contributed by atoms with Gasteiger partial charge in [-0.05, 0) is 13.1 Å². The number of nitrogens with two attached hydrogens (primary N) is 1. The van der Waals surface area contributed by atoms with Crippen molar-refractivity contribution in [2.45, 2.75) is 6.04 Å². The molecule has 1 aromatic heterocycles. The third kappa shape index (κ3) is 2.57. The van der Waals surface area contributed by atoms with Gasteiger partial charge in [0, 0.05) is 18.9 Å². The second-order valence-electron chi connectivity index (χ2n) is 2.92. The average molecular weight is 216 g/mol. The lowest BCUT2D eigenvalue weighted by Gasteiger charge is -2.16. The largest absolute Gasteiger partial charge is 0.383 e. The van der Waals surface area contributed by atoms with Crippen LogP contribution in [0.5, 0.6) is 0 Å². The Morgan fingerprint density at radius 1 is 1.71 bits per heavy atom. The Morgan fingerprint density at radius 2 is 2.43 bits per heavy atom. The van der Waals surface area contributed by atoms with E-state index in [0.717, 1.165) is 5.56 Å². The van der Waals surface area contributed by atoms with E-state index >= 15 is 0 Å². The summed E-state index contributed by atoms with van der Waals surface area (Å²) in [7, 11) is 3.47. The average Bonchev–Trinajstić information content (AvgIpc) is 2.18. The van der Waals surface area contributed by atoms with Crippen molar-refractivity contribution >= 4 is 17.4 Å². The normalized spacial score (nSPS) is 12.8. The van der Waals surface area contributed by atoms with Gasteiger partial charge in [0.1, 0.15) is 5.82 Å². The molecule has 0 aliphatic rings. The van der Waals surface area contributed by atoms with Crippen molar-refractivity contribution in [3.05, 3.63) is 22.8 Å². The fraction of sp³-hybridized carbons (Fsp3) is 0.444. The molecule has 1 rings (SSSR count). The first-order chi connectivity index (χ1) is 6.69. The van der Waals surface area contributed by atoms with Crippen molar-refractivity contribution in [3.63, 3.8) is 0 Å². The van der Waals surface area contributed by atoms with E-state index in [1.165, 1.54) is 6.20 Å². The van der Waals surface area contributed by atoms with Gasteiger partial charge in [-0.15, -0.1) is 0 Å². The SMILES string of the molecule is CNC(COC)c1cc(Cl)cnc1N. The molecule has 14 heavy (non-hydrogen) atoms. The van der Waals surface area contributed by atoms with Crippen LogP contribution >= 0.6 is 11.6 Å². The van der Waals surface area contributed by atoms with Gasteiger partial charge < -0.3 is 15.8 Å². The van der Waals surface area contributed by atoms with E-state index in [1.54, 1.807) is 13.2 Å². The second kappa shape index (κ2) is 5.14. The molecule has 5 heteroatoms. The molecule has 0 spiro atoms. The van der Waals surface area contributed by atoms with Gasteiger partial charge in [-0.25, -0.2) is 4.98 Å². The number of pyridine rings is 1. The molecular formula is C9H14ClN3O. The fourth-order valence-electron chi connectivity index (χ4n) is 1.24. The van der Waals surface area contributed by atoms with E-state index in [9.17, 15) is 0 Å². The molecule has 0 aliphatic heterocycles. The van der Waals surface area contributed by atoms with Gasteiger partial charge in [-0.3, -0.25) is 0 Å². The summed E-state index contributed by atoms with van der Waals surface area (Å²) in [6.07, 6.45) is 1.53. The van der Waals surface area contributed by atoms with Crippen LogP contribution in [0.3, 0.4) is 0 Å². The minimum atomic E-state index is 0.0196. The first-order valence-electron chi connectivity index (χ1n) is 4.26. The number of rotatable bonds is 4. The summed E-state index contributed by atoms with van der Waals surface area (Å²) in [5.41, 5.74) is 6.59. The van der Waals surface area contributed by atoms with Gasteiger partial charge in [-0.1, -0.05) is 11.6 Å². The predicted molar refractivity (Wildman–Crippen MR) is 57.3 cm³/mol. The molecule has 0 radical (unpaired) electrons. The molecule has 0 saturated carbocycles. The van der Waals surface area contributed by atoms with Gasteiger partial charge in [0.05, 0.1) is 17.7 Å². The number of nitrogens with zero attached hydrogens (tertiary/aromatic N) is 1. The molecule has 0 aliphatic carbocycles. The van der Waals surface area contributed by atoms with Gasteiger partial charge in [0.15, 0.2) is 0 Å². The zero-order valence-corrected chi connectivity index (χ0v) is 9.01. The smallest absolute Gasteiger partial charge is 0.128 e. The van der Waals surface area contributed by atoms with E-state index in [1.807, 2.05) is 7.05 Å². The highest BCUT2D eigenvalue weighted by Crippen LogP contribution is 2.21. The van der Waals surface area contributed by atoms with Crippen LogP contribution in [0.15, 0.2) is 12.3 Å². The summed E-state index contributed by atoms with van der Waals surface area (Å²) >= 11 is 5.83. The summed E-state index contributed by atoms with van der Waals surface area (Å²) in [5, 5.41) is 3.66. The number of anilines is 1. The maximum absolute atomic E-state index is 5.83. The Morgan fingerprint density at radius 3 is 3.00 bits per heavy atom. The monoisotopic (exact) mass is 215 g/mol. The number of nitrogens with one attached hydrogen (secondary N) is 1. The number of methoxy groups -OCH3 is 1. The molecule has 1 aromatic rings. The van der Waals surface area contributed by atoms with Crippen LogP contribution < -0.4 is 11.1 Å². The third-order valence-electron chi connectivity index (χ3n) is 1.97. The Kier molecular flexibility index (Phi) is 4.13. The first-order valence-corrected chi connectivity index (χ1v) is 4.64. The maximum atomic E-state index is 5.83. The lowest BCUT2D eigenvalue weighted by Crippen LogP contribution is -2.22. The third-order valence-corrected chi connectivity index (χ3v) is 2.18. The Hall–Kier alpha value is -0.840. The predicted octanol–water partition coefficient (Wildman–Crippen LogP) is 1.22. The molecule has 3 N–H and O–H groups in total. The molecule has 0 saturated heterocycles. The molecule has 0 fully saturated rings. The van der Waals surface area contributed by atoms with Crippen LogP contribution in [-0.2, 0) is 4.74 Å². The van der Waals surface area contributed by atoms with Crippen LogP contribution in [0.4, 0.5) is 5.82 Å². The van der Waals surface area contributed by atoms with Crippen molar-refractivity contribution in [2.75, 3.05) is 26.5 Å². The van der Waals surface area contributed by atoms with Crippen molar-refractivity contribution in [2.24, 2.45) is 0 Å². The summed E-state index contributed by atoms with van der Waals surface area (Å²) in [5.74, 6) is 0.478. The molecule has 78 valence electrons. The van der Waals surface area contributed by atoms with Crippen LogP contribution in [0.1, 0.15) is 11.6 Å². The highest BCUT2D eigenvalue weighted by atomic mass is 35.5. The van der Waals surface area contributed by atoms with Crippen LogP contribution in [0.2, 0.25) is 5.02 Å². The summed E-state index contributed by atoms with van der Waals surface area (Å²) in [4.78, 5) is 3.98. The zero-order chi connectivity index (χ0) is 10.6. The van der Waals surface area contributed by atoms with Crippen LogP contribution in [0.25, 0.3) is 0 Å². The highest BCUT2D eigenvalue weighted by Gasteiger charge is 2.13. The molecule has 0 amide bonds. The minimum absolute atomic E-state index is 0.0196. The number of aromatic nitrogens is 1. The lowest BCUT2D eigenvalue weighted by molar-refractivity contribution is 0.170. The van der Waals surface area contributed by atoms with Crippen molar-refractivity contribution in [1.82, 2.24) is 10.3 Å². The lowest BCUT2D eigenvalue weighted by atomic mass is 10.1. The van der Waals surface area contributed by atoms with E-state index in [4.69, 9.17) is 22.1 Å². The van der Waals surface area contributed by atoms with Gasteiger partial charge in [-0.2, -0.15) is 0 Å². The van der Waals surface area contributed by atoms with Crippen molar-refractivity contribution in [3.8, 4) is 0 Å². The quantitative estimate of drug-likeness (QED) is 0.793. The first kappa shape index (κ1) is 11.2. The van der Waals surface area contributed by atoms with Crippen molar-refractivity contribution in [1.29, 1.82) is 0 Å².